The summed E-state index contributed by atoms with van der Waals surface area (Å²) in [5.74, 6) is 0. The van der Waals surface area contributed by atoms with Crippen molar-refractivity contribution in [1.29, 1.82) is 0 Å². The van der Waals surface area contributed by atoms with Crippen LogP contribution in [0, 0.1) is 0 Å². The van der Waals surface area contributed by atoms with Gasteiger partial charge in [0.25, 0.3) is 0 Å². The molecule has 0 aliphatic carbocycles. The molecule has 57 heavy (non-hydrogen) atoms. The Morgan fingerprint density at radius 1 is 0.298 bits per heavy atom. The van der Waals surface area contributed by atoms with Crippen LogP contribution in [0.25, 0.3) is 98.8 Å². The maximum atomic E-state index is 7.16. The lowest BCUT2D eigenvalue weighted by Crippen LogP contribution is -2.50. The van der Waals surface area contributed by atoms with Crippen LogP contribution >= 0.6 is 0 Å². The summed E-state index contributed by atoms with van der Waals surface area (Å²) in [6.07, 6.45) is 0. The van der Waals surface area contributed by atoms with E-state index in [4.69, 9.17) is 67.2 Å². The van der Waals surface area contributed by atoms with Crippen LogP contribution in [-0.2, 0) is 0 Å². The van der Waals surface area contributed by atoms with Crippen molar-refractivity contribution in [1.82, 2.24) is 0 Å². The molecular weight excluding hydrogens is 679 g/mol. The van der Waals surface area contributed by atoms with E-state index < -0.39 is 0 Å². The highest BCUT2D eigenvalue weighted by Crippen LogP contribution is 2.46. The summed E-state index contributed by atoms with van der Waals surface area (Å²) in [6.45, 7) is 0. The zero-order valence-electron chi connectivity index (χ0n) is 30.7. The van der Waals surface area contributed by atoms with Crippen molar-refractivity contribution in [2.24, 2.45) is 0 Å². The van der Waals surface area contributed by atoms with Gasteiger partial charge in [0.1, 0.15) is 73.9 Å². The second kappa shape index (κ2) is 13.3. The summed E-state index contributed by atoms with van der Waals surface area (Å²) < 4.78 is 6.54. The molecule has 244 valence electrons. The van der Waals surface area contributed by atoms with E-state index in [-0.39, 0.29) is 43.7 Å². The van der Waals surface area contributed by atoms with Gasteiger partial charge < -0.3 is 4.42 Å². The van der Waals surface area contributed by atoms with Gasteiger partial charge in [-0.25, -0.2) is 0 Å². The average molecular weight is 701 g/mol. The standard InChI is InChI=1S/C48H22B8O/c49-41-37-34(29-19-27(23-10-3-1-4-11-23)18-28(20-29)24-12-5-2-6-13-24)38-40(44(52)48(56)46(54)42(38)50)36(39(37)43(51)47(55)45(41)53)30-16-9-17-32-35(30)31-21-25-14-7-8-15-26(25)22-33(31)57-32/h1-22H. The van der Waals surface area contributed by atoms with Crippen molar-refractivity contribution in [2.75, 3.05) is 0 Å². The zero-order chi connectivity index (χ0) is 39.3. The minimum Gasteiger partial charge on any atom is -0.456 e. The first-order chi connectivity index (χ1) is 27.6. The molecule has 1 aromatic heterocycles. The molecule has 0 saturated heterocycles. The minimum atomic E-state index is 0.153. The van der Waals surface area contributed by atoms with Crippen molar-refractivity contribution in [3.8, 4) is 44.5 Å². The van der Waals surface area contributed by atoms with E-state index in [9.17, 15) is 0 Å². The van der Waals surface area contributed by atoms with E-state index in [1.807, 2.05) is 72.8 Å². The Hall–Kier alpha value is -5.92. The quantitative estimate of drug-likeness (QED) is 0.200. The third kappa shape index (κ3) is 5.35. The second-order valence-corrected chi connectivity index (χ2v) is 14.6. The minimum absolute atomic E-state index is 0.153. The Balaban J connectivity index is 1.45. The van der Waals surface area contributed by atoms with Gasteiger partial charge in [0.2, 0.25) is 0 Å². The lowest BCUT2D eigenvalue weighted by molar-refractivity contribution is 0.669. The maximum absolute atomic E-state index is 7.16. The molecular formula is C48H22B8O. The normalized spacial score (nSPS) is 11.7. The van der Waals surface area contributed by atoms with E-state index in [0.717, 1.165) is 60.5 Å². The van der Waals surface area contributed by atoms with Crippen LogP contribution in [0.4, 0.5) is 0 Å². The summed E-state index contributed by atoms with van der Waals surface area (Å²) in [5, 5.41) is 6.05. The van der Waals surface area contributed by atoms with Crippen molar-refractivity contribution in [3.63, 3.8) is 0 Å². The van der Waals surface area contributed by atoms with Gasteiger partial charge in [-0.05, 0) is 113 Å². The lowest BCUT2D eigenvalue weighted by Gasteiger charge is -2.29. The lowest BCUT2D eigenvalue weighted by atomic mass is 9.59. The summed E-state index contributed by atoms with van der Waals surface area (Å²) >= 11 is 0. The van der Waals surface area contributed by atoms with Crippen LogP contribution in [0.1, 0.15) is 0 Å². The van der Waals surface area contributed by atoms with Gasteiger partial charge in [0.05, 0.1) is 0 Å². The molecule has 1 nitrogen and oxygen atoms in total. The first-order valence-corrected chi connectivity index (χ1v) is 18.5. The van der Waals surface area contributed by atoms with Crippen molar-refractivity contribution in [3.05, 3.63) is 133 Å². The van der Waals surface area contributed by atoms with E-state index >= 15 is 0 Å². The van der Waals surface area contributed by atoms with Crippen LogP contribution in [0.5, 0.6) is 0 Å². The highest BCUT2D eigenvalue weighted by Gasteiger charge is 2.27. The van der Waals surface area contributed by atoms with Crippen LogP contribution in [-0.4, -0.2) is 62.8 Å². The van der Waals surface area contributed by atoms with Gasteiger partial charge in [0, 0.05) is 10.8 Å². The van der Waals surface area contributed by atoms with E-state index in [2.05, 4.69) is 60.7 Å². The predicted molar refractivity (Wildman–Crippen MR) is 251 cm³/mol. The Morgan fingerprint density at radius 3 is 1.25 bits per heavy atom. The first-order valence-electron chi connectivity index (χ1n) is 18.5. The highest BCUT2D eigenvalue weighted by molar-refractivity contribution is 6.71. The molecule has 16 radical (unpaired) electrons. The molecule has 0 amide bonds. The van der Waals surface area contributed by atoms with Gasteiger partial charge >= 0.3 is 0 Å². The average Bonchev–Trinajstić information content (AvgIpc) is 3.62. The van der Waals surface area contributed by atoms with Gasteiger partial charge in [0.15, 0.2) is 0 Å². The monoisotopic (exact) mass is 702 g/mol. The van der Waals surface area contributed by atoms with Gasteiger partial charge in [-0.1, -0.05) is 119 Å². The molecule has 0 N–H and O–H groups in total. The number of furan rings is 1. The first kappa shape index (κ1) is 35.5. The summed E-state index contributed by atoms with van der Waals surface area (Å²) in [4.78, 5) is 0. The Bertz CT molecular complexity index is 3180. The molecule has 1 heterocycles. The summed E-state index contributed by atoms with van der Waals surface area (Å²) in [7, 11) is 55.6. The molecule has 9 aromatic carbocycles. The number of fused-ring (bicyclic) bond motifs is 6. The van der Waals surface area contributed by atoms with Crippen molar-refractivity contribution >= 4 is 161 Å². The molecule has 0 unspecified atom stereocenters. The van der Waals surface area contributed by atoms with Gasteiger partial charge in [-0.15, -0.1) is 21.9 Å². The Labute approximate surface area is 341 Å². The predicted octanol–water partition coefficient (Wildman–Crippen LogP) is 4.06. The molecule has 10 aromatic rings. The van der Waals surface area contributed by atoms with Crippen LogP contribution < -0.4 is 43.7 Å². The van der Waals surface area contributed by atoms with Crippen molar-refractivity contribution < 1.29 is 4.42 Å². The van der Waals surface area contributed by atoms with E-state index in [1.54, 1.807) is 0 Å². The molecule has 0 aliphatic rings. The third-order valence-electron chi connectivity index (χ3n) is 11.4. The van der Waals surface area contributed by atoms with Crippen molar-refractivity contribution in [2.45, 2.75) is 0 Å². The fourth-order valence-corrected chi connectivity index (χ4v) is 8.59. The second-order valence-electron chi connectivity index (χ2n) is 14.6. The van der Waals surface area contributed by atoms with Crippen LogP contribution in [0.15, 0.2) is 138 Å². The smallest absolute Gasteiger partial charge is 0.136 e. The number of hydrogen-bond donors (Lipinski definition) is 0. The maximum Gasteiger partial charge on any atom is 0.136 e. The van der Waals surface area contributed by atoms with Crippen LogP contribution in [0.2, 0.25) is 0 Å². The SMILES string of the molecule is [B]c1c([B])c([B])c2c(-c3cccc4oc5cc6ccccc6cc5c34)c3c([B])c([B])c([B])c([B])c3c(-c3cc(-c4ccccc4)cc(-c4ccccc4)c3)c2c1[B]. The number of benzene rings is 9. The molecule has 9 heteroatoms. The topological polar surface area (TPSA) is 13.1 Å². The summed E-state index contributed by atoms with van der Waals surface area (Å²) in [5.41, 5.74) is 9.71. The van der Waals surface area contributed by atoms with Crippen LogP contribution in [0.3, 0.4) is 0 Å². The summed E-state index contributed by atoms with van der Waals surface area (Å²) in [6, 6.07) is 44.9. The molecule has 0 spiro atoms. The molecule has 0 aliphatic heterocycles. The van der Waals surface area contributed by atoms with Gasteiger partial charge in [-0.3, -0.25) is 0 Å². The number of hydrogen-bond acceptors (Lipinski definition) is 1. The Morgan fingerprint density at radius 2 is 0.737 bits per heavy atom. The third-order valence-corrected chi connectivity index (χ3v) is 11.4. The molecule has 0 saturated carbocycles. The van der Waals surface area contributed by atoms with E-state index in [0.29, 0.717) is 38.3 Å². The fourth-order valence-electron chi connectivity index (χ4n) is 8.59. The largest absolute Gasteiger partial charge is 0.456 e. The zero-order valence-corrected chi connectivity index (χ0v) is 30.7. The fraction of sp³-hybridized carbons (Fsp3) is 0. The Kier molecular flexibility index (Phi) is 8.31. The molecule has 0 fully saturated rings. The number of rotatable bonds is 4. The van der Waals surface area contributed by atoms with E-state index in [1.165, 1.54) is 0 Å². The molecule has 0 bridgehead atoms. The molecule has 10 rings (SSSR count). The van der Waals surface area contributed by atoms with Gasteiger partial charge in [-0.2, -0.15) is 0 Å². The highest BCUT2D eigenvalue weighted by atomic mass is 16.3. The molecule has 0 atom stereocenters.